The average molecular weight is 340 g/mol. The third-order valence-corrected chi connectivity index (χ3v) is 4.64. The zero-order chi connectivity index (χ0) is 17.4. The van der Waals surface area contributed by atoms with E-state index < -0.39 is 0 Å². The summed E-state index contributed by atoms with van der Waals surface area (Å²) in [6, 6.07) is 9.19. The number of anilines is 1. The lowest BCUT2D eigenvalue weighted by molar-refractivity contribution is -0.121. The summed E-state index contributed by atoms with van der Waals surface area (Å²) >= 11 is 0. The Morgan fingerprint density at radius 1 is 1.16 bits per heavy atom. The van der Waals surface area contributed by atoms with Crippen molar-refractivity contribution in [3.05, 3.63) is 47.4 Å². The summed E-state index contributed by atoms with van der Waals surface area (Å²) < 4.78 is 11.2. The van der Waals surface area contributed by atoms with Gasteiger partial charge in [-0.1, -0.05) is 6.07 Å². The Balaban J connectivity index is 1.54. The first kappa shape index (κ1) is 15.7. The zero-order valence-corrected chi connectivity index (χ0v) is 14.2. The number of likely N-dealkylation sites (tertiary alicyclic amines) is 1. The van der Waals surface area contributed by atoms with Crippen LogP contribution in [0.2, 0.25) is 0 Å². The van der Waals surface area contributed by atoms with Crippen LogP contribution in [0.3, 0.4) is 0 Å². The van der Waals surface area contributed by atoms with Crippen LogP contribution in [0.25, 0.3) is 0 Å². The Morgan fingerprint density at radius 2 is 1.96 bits per heavy atom. The molecule has 2 aliphatic rings. The van der Waals surface area contributed by atoms with Crippen molar-refractivity contribution in [2.45, 2.75) is 26.3 Å². The molecule has 1 fully saturated rings. The van der Waals surface area contributed by atoms with Gasteiger partial charge in [0.25, 0.3) is 11.8 Å². The highest BCUT2D eigenvalue weighted by Crippen LogP contribution is 2.34. The summed E-state index contributed by atoms with van der Waals surface area (Å²) in [5.41, 5.74) is 1.80. The number of aryl methyl sites for hydroxylation is 1. The van der Waals surface area contributed by atoms with E-state index in [1.54, 1.807) is 21.9 Å². The van der Waals surface area contributed by atoms with Crippen LogP contribution in [0.15, 0.2) is 34.7 Å². The molecule has 1 aromatic carbocycles. The number of hydrogen-bond acceptors (Lipinski definition) is 4. The van der Waals surface area contributed by atoms with Crippen LogP contribution in [-0.4, -0.2) is 36.4 Å². The molecule has 1 aromatic heterocycles. The van der Waals surface area contributed by atoms with Gasteiger partial charge in [0.05, 0.1) is 12.2 Å². The topological polar surface area (TPSA) is 63.0 Å². The van der Waals surface area contributed by atoms with Gasteiger partial charge in [0.2, 0.25) is 0 Å². The van der Waals surface area contributed by atoms with Crippen molar-refractivity contribution >= 4 is 17.5 Å². The number of furan rings is 1. The number of amides is 2. The quantitative estimate of drug-likeness (QED) is 0.862. The van der Waals surface area contributed by atoms with Crippen LogP contribution in [0.1, 0.15) is 34.7 Å². The first-order valence-electron chi connectivity index (χ1n) is 8.53. The van der Waals surface area contributed by atoms with Gasteiger partial charge >= 0.3 is 0 Å². The lowest BCUT2D eigenvalue weighted by Crippen LogP contribution is -2.38. The Labute approximate surface area is 146 Å². The molecule has 0 spiro atoms. The van der Waals surface area contributed by atoms with E-state index in [1.165, 1.54) is 0 Å². The Hall–Kier alpha value is -2.76. The van der Waals surface area contributed by atoms with Crippen LogP contribution >= 0.6 is 0 Å². The van der Waals surface area contributed by atoms with E-state index in [1.807, 2.05) is 25.1 Å². The molecular weight excluding hydrogens is 320 g/mol. The summed E-state index contributed by atoms with van der Waals surface area (Å²) in [5, 5.41) is 0. The number of benzene rings is 1. The predicted molar refractivity (Wildman–Crippen MR) is 91.7 cm³/mol. The molecule has 6 nitrogen and oxygen atoms in total. The maximum absolute atomic E-state index is 12.4. The van der Waals surface area contributed by atoms with E-state index in [2.05, 4.69) is 0 Å². The second kappa shape index (κ2) is 6.27. The minimum atomic E-state index is -0.125. The number of hydrogen-bond donors (Lipinski definition) is 0. The van der Waals surface area contributed by atoms with Gasteiger partial charge in [0.1, 0.15) is 11.5 Å². The number of carbonyl (C=O) groups is 2. The van der Waals surface area contributed by atoms with Gasteiger partial charge in [-0.05, 0) is 49.6 Å². The van der Waals surface area contributed by atoms with Crippen molar-refractivity contribution in [1.82, 2.24) is 4.90 Å². The third-order valence-electron chi connectivity index (χ3n) is 4.64. The van der Waals surface area contributed by atoms with Crippen LogP contribution in [0, 0.1) is 6.92 Å². The fourth-order valence-corrected chi connectivity index (χ4v) is 3.29. The van der Waals surface area contributed by atoms with Crippen molar-refractivity contribution < 1.29 is 18.7 Å². The molecule has 2 aromatic rings. The van der Waals surface area contributed by atoms with Crippen molar-refractivity contribution in [2.75, 3.05) is 24.6 Å². The van der Waals surface area contributed by atoms with Crippen molar-refractivity contribution in [3.63, 3.8) is 0 Å². The van der Waals surface area contributed by atoms with E-state index in [4.69, 9.17) is 9.15 Å². The van der Waals surface area contributed by atoms with E-state index in [0.717, 1.165) is 37.2 Å². The van der Waals surface area contributed by atoms with E-state index in [-0.39, 0.29) is 25.0 Å². The minimum Gasteiger partial charge on any atom is -0.482 e. The molecule has 0 N–H and O–H groups in total. The fraction of sp³-hybridized carbons (Fsp3) is 0.368. The van der Waals surface area contributed by atoms with E-state index >= 15 is 0 Å². The summed E-state index contributed by atoms with van der Waals surface area (Å²) in [6.45, 7) is 3.84. The number of fused-ring (bicyclic) bond motifs is 1. The molecule has 130 valence electrons. The number of carbonyl (C=O) groups excluding carboxylic acids is 2. The van der Waals surface area contributed by atoms with Crippen LogP contribution in [0.4, 0.5) is 5.69 Å². The van der Waals surface area contributed by atoms with Gasteiger partial charge in [0, 0.05) is 13.1 Å². The van der Waals surface area contributed by atoms with Gasteiger partial charge < -0.3 is 14.1 Å². The minimum absolute atomic E-state index is 0.0106. The molecule has 2 aliphatic heterocycles. The lowest BCUT2D eigenvalue weighted by Gasteiger charge is -2.28. The molecule has 0 atom stereocenters. The standard InChI is InChI=1S/C19H20N2O4/c1-13-4-6-15-17(10-13)24-12-18(22)21(15)11-14-5-7-16(25-14)19(23)20-8-2-3-9-20/h4-7,10H,2-3,8-9,11-12H2,1H3. The van der Waals surface area contributed by atoms with Crippen LogP contribution in [0.5, 0.6) is 5.75 Å². The van der Waals surface area contributed by atoms with Crippen LogP contribution in [-0.2, 0) is 11.3 Å². The molecule has 6 heteroatoms. The molecule has 0 unspecified atom stereocenters. The van der Waals surface area contributed by atoms with Gasteiger partial charge in [-0.25, -0.2) is 0 Å². The van der Waals surface area contributed by atoms with Crippen molar-refractivity contribution in [3.8, 4) is 5.75 Å². The Morgan fingerprint density at radius 3 is 2.76 bits per heavy atom. The smallest absolute Gasteiger partial charge is 0.289 e. The maximum atomic E-state index is 12.4. The zero-order valence-electron chi connectivity index (χ0n) is 14.2. The second-order valence-corrected chi connectivity index (χ2v) is 6.51. The molecular formula is C19H20N2O4. The summed E-state index contributed by atoms with van der Waals surface area (Å²) in [7, 11) is 0. The molecule has 0 saturated carbocycles. The Kier molecular flexibility index (Phi) is 3.95. The summed E-state index contributed by atoms with van der Waals surface area (Å²) in [5.74, 6) is 1.42. The first-order valence-corrected chi connectivity index (χ1v) is 8.53. The number of rotatable bonds is 3. The number of nitrogens with zero attached hydrogens (tertiary/aromatic N) is 2. The molecule has 4 rings (SSSR count). The normalized spacial score (nSPS) is 16.8. The fourth-order valence-electron chi connectivity index (χ4n) is 3.29. The Bertz CT molecular complexity index is 821. The average Bonchev–Trinajstić information content (AvgIpc) is 3.28. The molecule has 1 saturated heterocycles. The monoisotopic (exact) mass is 340 g/mol. The summed E-state index contributed by atoms with van der Waals surface area (Å²) in [4.78, 5) is 28.1. The van der Waals surface area contributed by atoms with Gasteiger partial charge in [-0.15, -0.1) is 0 Å². The molecule has 0 radical (unpaired) electrons. The van der Waals surface area contributed by atoms with Gasteiger partial charge in [-0.3, -0.25) is 14.5 Å². The number of ether oxygens (including phenoxy) is 1. The molecule has 25 heavy (non-hydrogen) atoms. The highest BCUT2D eigenvalue weighted by atomic mass is 16.5. The highest BCUT2D eigenvalue weighted by Gasteiger charge is 2.27. The van der Waals surface area contributed by atoms with Crippen LogP contribution < -0.4 is 9.64 Å². The molecule has 2 amide bonds. The van der Waals surface area contributed by atoms with Crippen molar-refractivity contribution in [2.24, 2.45) is 0 Å². The largest absolute Gasteiger partial charge is 0.482 e. The predicted octanol–water partition coefficient (Wildman–Crippen LogP) is 2.75. The van der Waals surface area contributed by atoms with E-state index in [0.29, 0.717) is 17.3 Å². The van der Waals surface area contributed by atoms with Gasteiger partial charge in [0.15, 0.2) is 12.4 Å². The maximum Gasteiger partial charge on any atom is 0.289 e. The molecule has 0 aliphatic carbocycles. The van der Waals surface area contributed by atoms with Gasteiger partial charge in [-0.2, -0.15) is 0 Å². The molecule has 3 heterocycles. The lowest BCUT2D eigenvalue weighted by atomic mass is 10.1. The van der Waals surface area contributed by atoms with Crippen molar-refractivity contribution in [1.29, 1.82) is 0 Å². The molecule has 0 bridgehead atoms. The first-order chi connectivity index (χ1) is 12.1. The third kappa shape index (κ3) is 2.99. The summed E-state index contributed by atoms with van der Waals surface area (Å²) in [6.07, 6.45) is 2.08. The van der Waals surface area contributed by atoms with E-state index in [9.17, 15) is 9.59 Å². The second-order valence-electron chi connectivity index (χ2n) is 6.51. The SMILES string of the molecule is Cc1ccc2c(c1)OCC(=O)N2Cc1ccc(C(=O)N2CCCC2)o1. The highest BCUT2D eigenvalue weighted by molar-refractivity contribution is 5.97.